The number of ether oxygens (including phenoxy) is 1. The van der Waals surface area contributed by atoms with E-state index < -0.39 is 6.10 Å². The summed E-state index contributed by atoms with van der Waals surface area (Å²) in [5, 5.41) is 10.3. The molecule has 0 radical (unpaired) electrons. The Bertz CT molecular complexity index is 383. The Balaban J connectivity index is 2.34. The minimum Gasteiger partial charge on any atom is -0.388 e. The van der Waals surface area contributed by atoms with Crippen molar-refractivity contribution in [2.75, 3.05) is 31.2 Å². The number of halogens is 1. The molecule has 1 atom stereocenters. The van der Waals surface area contributed by atoms with Crippen molar-refractivity contribution in [3.63, 3.8) is 0 Å². The highest BCUT2D eigenvalue weighted by Crippen LogP contribution is 2.31. The first-order chi connectivity index (χ1) is 8.24. The molecule has 0 saturated carbocycles. The molecule has 1 fully saturated rings. The van der Waals surface area contributed by atoms with E-state index in [-0.39, 0.29) is 0 Å². The molecule has 94 valence electrons. The highest BCUT2D eigenvalue weighted by molar-refractivity contribution is 6.30. The van der Waals surface area contributed by atoms with E-state index in [1.54, 1.807) is 0 Å². The third-order valence-corrected chi connectivity index (χ3v) is 3.15. The zero-order chi connectivity index (χ0) is 12.3. The fraction of sp³-hybridized carbons (Fsp3) is 0.636. The van der Waals surface area contributed by atoms with Crippen LogP contribution in [0.15, 0.2) is 6.33 Å². The minimum absolute atomic E-state index is 0.329. The van der Waals surface area contributed by atoms with Gasteiger partial charge in [0.1, 0.15) is 17.3 Å². The van der Waals surface area contributed by atoms with Crippen LogP contribution in [0.2, 0.25) is 5.15 Å². The van der Waals surface area contributed by atoms with Gasteiger partial charge in [-0.25, -0.2) is 9.97 Å². The lowest BCUT2D eigenvalue weighted by Gasteiger charge is -2.30. The maximum Gasteiger partial charge on any atom is 0.140 e. The zero-order valence-electron chi connectivity index (χ0n) is 9.77. The summed E-state index contributed by atoms with van der Waals surface area (Å²) in [6.07, 6.45) is 1.39. The van der Waals surface area contributed by atoms with Gasteiger partial charge < -0.3 is 14.7 Å². The second kappa shape index (κ2) is 5.62. The van der Waals surface area contributed by atoms with Crippen LogP contribution in [-0.4, -0.2) is 41.4 Å². The van der Waals surface area contributed by atoms with Crippen LogP contribution in [0.4, 0.5) is 5.82 Å². The van der Waals surface area contributed by atoms with Gasteiger partial charge in [-0.05, 0) is 6.42 Å². The van der Waals surface area contributed by atoms with E-state index >= 15 is 0 Å². The number of rotatable bonds is 3. The minimum atomic E-state index is -0.624. The number of hydrogen-bond acceptors (Lipinski definition) is 5. The van der Waals surface area contributed by atoms with Gasteiger partial charge in [0, 0.05) is 13.1 Å². The molecule has 1 unspecified atom stereocenters. The molecule has 0 bridgehead atoms. The summed E-state index contributed by atoms with van der Waals surface area (Å²) in [7, 11) is 0. The van der Waals surface area contributed by atoms with E-state index in [9.17, 15) is 5.11 Å². The highest BCUT2D eigenvalue weighted by atomic mass is 35.5. The lowest BCUT2D eigenvalue weighted by molar-refractivity contribution is 0.121. The SMILES string of the molecule is CCC(O)c1c(Cl)ncnc1N1CCOCC1. The van der Waals surface area contributed by atoms with E-state index in [0.29, 0.717) is 30.4 Å². The largest absolute Gasteiger partial charge is 0.388 e. The average Bonchev–Trinajstić information content (AvgIpc) is 2.38. The summed E-state index contributed by atoms with van der Waals surface area (Å²) in [4.78, 5) is 10.3. The molecule has 1 saturated heterocycles. The number of aromatic nitrogens is 2. The number of morpholine rings is 1. The molecule has 1 aliphatic heterocycles. The van der Waals surface area contributed by atoms with Crippen LogP contribution in [0.3, 0.4) is 0 Å². The van der Waals surface area contributed by atoms with Crippen molar-refractivity contribution in [3.8, 4) is 0 Å². The molecule has 1 aromatic heterocycles. The van der Waals surface area contributed by atoms with E-state index in [4.69, 9.17) is 16.3 Å². The van der Waals surface area contributed by atoms with Crippen molar-refractivity contribution in [1.29, 1.82) is 0 Å². The first-order valence-electron chi connectivity index (χ1n) is 5.75. The van der Waals surface area contributed by atoms with Crippen LogP contribution in [-0.2, 0) is 4.74 Å². The molecule has 5 nitrogen and oxygen atoms in total. The van der Waals surface area contributed by atoms with E-state index in [1.165, 1.54) is 6.33 Å². The normalized spacial score (nSPS) is 18.2. The van der Waals surface area contributed by atoms with Crippen LogP contribution in [0, 0.1) is 0 Å². The third-order valence-electron chi connectivity index (χ3n) is 2.84. The molecular formula is C11H16ClN3O2. The Labute approximate surface area is 105 Å². The molecule has 2 rings (SSSR count). The highest BCUT2D eigenvalue weighted by Gasteiger charge is 2.22. The van der Waals surface area contributed by atoms with Gasteiger partial charge in [0.05, 0.1) is 24.9 Å². The number of hydrogen-bond donors (Lipinski definition) is 1. The number of aliphatic hydroxyl groups is 1. The van der Waals surface area contributed by atoms with E-state index in [1.807, 2.05) is 6.92 Å². The number of aliphatic hydroxyl groups excluding tert-OH is 1. The van der Waals surface area contributed by atoms with Gasteiger partial charge in [0.2, 0.25) is 0 Å². The summed E-state index contributed by atoms with van der Waals surface area (Å²) in [6.45, 7) is 4.76. The molecule has 0 spiro atoms. The van der Waals surface area contributed by atoms with Crippen molar-refractivity contribution in [1.82, 2.24) is 9.97 Å². The molecule has 6 heteroatoms. The Morgan fingerprint density at radius 2 is 2.18 bits per heavy atom. The molecule has 1 aromatic rings. The molecule has 1 N–H and O–H groups in total. The quantitative estimate of drug-likeness (QED) is 0.830. The lowest BCUT2D eigenvalue weighted by atomic mass is 10.1. The van der Waals surface area contributed by atoms with Gasteiger partial charge in [-0.3, -0.25) is 0 Å². The Morgan fingerprint density at radius 3 is 2.82 bits per heavy atom. The van der Waals surface area contributed by atoms with Crippen molar-refractivity contribution in [2.45, 2.75) is 19.4 Å². The van der Waals surface area contributed by atoms with Gasteiger partial charge in [-0.15, -0.1) is 0 Å². The average molecular weight is 258 g/mol. The molecule has 0 aliphatic carbocycles. The van der Waals surface area contributed by atoms with Crippen molar-refractivity contribution in [3.05, 3.63) is 17.0 Å². The van der Waals surface area contributed by atoms with Crippen LogP contribution in [0.1, 0.15) is 25.0 Å². The monoisotopic (exact) mass is 257 g/mol. The van der Waals surface area contributed by atoms with Crippen LogP contribution < -0.4 is 4.90 Å². The molecule has 1 aliphatic rings. The maximum atomic E-state index is 10.00. The van der Waals surface area contributed by atoms with Gasteiger partial charge >= 0.3 is 0 Å². The van der Waals surface area contributed by atoms with E-state index in [2.05, 4.69) is 14.9 Å². The summed E-state index contributed by atoms with van der Waals surface area (Å²) >= 11 is 6.05. The summed E-state index contributed by atoms with van der Waals surface area (Å²) in [5.74, 6) is 0.725. The van der Waals surface area contributed by atoms with Gasteiger partial charge in [0.25, 0.3) is 0 Å². The molecular weight excluding hydrogens is 242 g/mol. The standard InChI is InChI=1S/C11H16ClN3O2/c1-2-8(16)9-10(12)13-7-14-11(9)15-3-5-17-6-4-15/h7-8,16H,2-6H2,1H3. The molecule has 0 aromatic carbocycles. The number of anilines is 1. The Morgan fingerprint density at radius 1 is 1.47 bits per heavy atom. The van der Waals surface area contributed by atoms with E-state index in [0.717, 1.165) is 18.9 Å². The lowest BCUT2D eigenvalue weighted by Crippen LogP contribution is -2.37. The summed E-state index contributed by atoms with van der Waals surface area (Å²) in [5.41, 5.74) is 0.624. The maximum absolute atomic E-state index is 10.00. The molecule has 17 heavy (non-hydrogen) atoms. The number of nitrogens with zero attached hydrogens (tertiary/aromatic N) is 3. The summed E-state index contributed by atoms with van der Waals surface area (Å²) < 4.78 is 5.30. The predicted molar refractivity (Wildman–Crippen MR) is 65.3 cm³/mol. The second-order valence-corrected chi connectivity index (χ2v) is 4.28. The summed E-state index contributed by atoms with van der Waals surface area (Å²) in [6, 6.07) is 0. The molecule has 2 heterocycles. The van der Waals surface area contributed by atoms with Crippen LogP contribution in [0.25, 0.3) is 0 Å². The third kappa shape index (κ3) is 2.68. The topological polar surface area (TPSA) is 58.5 Å². The predicted octanol–water partition coefficient (Wildman–Crippen LogP) is 1.41. The zero-order valence-corrected chi connectivity index (χ0v) is 10.5. The second-order valence-electron chi connectivity index (χ2n) is 3.93. The van der Waals surface area contributed by atoms with Gasteiger partial charge in [-0.2, -0.15) is 0 Å². The van der Waals surface area contributed by atoms with Crippen molar-refractivity contribution in [2.24, 2.45) is 0 Å². The Kier molecular flexibility index (Phi) is 4.15. The molecule has 0 amide bonds. The first kappa shape index (κ1) is 12.5. The van der Waals surface area contributed by atoms with Crippen molar-refractivity contribution >= 4 is 17.4 Å². The first-order valence-corrected chi connectivity index (χ1v) is 6.13. The van der Waals surface area contributed by atoms with Crippen LogP contribution in [0.5, 0.6) is 0 Å². The fourth-order valence-electron chi connectivity index (χ4n) is 1.88. The Hall–Kier alpha value is -0.910. The van der Waals surface area contributed by atoms with Crippen LogP contribution >= 0.6 is 11.6 Å². The fourth-order valence-corrected chi connectivity index (χ4v) is 2.14. The van der Waals surface area contributed by atoms with Crippen molar-refractivity contribution < 1.29 is 9.84 Å². The smallest absolute Gasteiger partial charge is 0.140 e. The van der Waals surface area contributed by atoms with Gasteiger partial charge in [-0.1, -0.05) is 18.5 Å². The van der Waals surface area contributed by atoms with Gasteiger partial charge in [0.15, 0.2) is 0 Å².